The van der Waals surface area contributed by atoms with Crippen LogP contribution in [0.5, 0.6) is 0 Å². The van der Waals surface area contributed by atoms with Gasteiger partial charge in [0.25, 0.3) is 0 Å². The van der Waals surface area contributed by atoms with Crippen LogP contribution >= 0.6 is 0 Å². The standard InChI is InChI=1S/C11H16N2/c1-11(2,3)10(13-12)9-7-5-4-6-8-9/h4-8H,12H2,1-3H3. The van der Waals surface area contributed by atoms with Crippen LogP contribution in [0.2, 0.25) is 0 Å². The van der Waals surface area contributed by atoms with E-state index in [-0.39, 0.29) is 5.41 Å². The van der Waals surface area contributed by atoms with Gasteiger partial charge in [-0.15, -0.1) is 0 Å². The van der Waals surface area contributed by atoms with E-state index in [9.17, 15) is 0 Å². The first-order valence-corrected chi connectivity index (χ1v) is 4.39. The van der Waals surface area contributed by atoms with Crippen molar-refractivity contribution >= 4 is 5.71 Å². The van der Waals surface area contributed by atoms with Gasteiger partial charge < -0.3 is 5.84 Å². The van der Waals surface area contributed by atoms with Gasteiger partial charge in [-0.05, 0) is 5.56 Å². The second-order valence-electron chi connectivity index (χ2n) is 4.09. The van der Waals surface area contributed by atoms with Crippen molar-refractivity contribution in [3.05, 3.63) is 35.9 Å². The number of benzene rings is 1. The predicted octanol–water partition coefficient (Wildman–Crippen LogP) is 2.40. The zero-order valence-electron chi connectivity index (χ0n) is 8.41. The van der Waals surface area contributed by atoms with Crippen molar-refractivity contribution in [1.82, 2.24) is 0 Å². The average molecular weight is 176 g/mol. The van der Waals surface area contributed by atoms with E-state index in [4.69, 9.17) is 5.84 Å². The third-order valence-electron chi connectivity index (χ3n) is 1.89. The van der Waals surface area contributed by atoms with Gasteiger partial charge in [-0.25, -0.2) is 0 Å². The Bertz CT molecular complexity index is 294. The van der Waals surface area contributed by atoms with Crippen LogP contribution in [0.4, 0.5) is 0 Å². The summed E-state index contributed by atoms with van der Waals surface area (Å²) < 4.78 is 0. The molecule has 0 saturated carbocycles. The molecule has 0 radical (unpaired) electrons. The van der Waals surface area contributed by atoms with Crippen LogP contribution in [0.1, 0.15) is 26.3 Å². The van der Waals surface area contributed by atoms with E-state index < -0.39 is 0 Å². The molecular weight excluding hydrogens is 160 g/mol. The van der Waals surface area contributed by atoms with Crippen LogP contribution in [0.15, 0.2) is 35.4 Å². The fourth-order valence-corrected chi connectivity index (χ4v) is 1.30. The average Bonchev–Trinajstić information content (AvgIpc) is 2.05. The number of hydrazone groups is 1. The molecule has 2 nitrogen and oxygen atoms in total. The Morgan fingerprint density at radius 3 is 2.08 bits per heavy atom. The van der Waals surface area contributed by atoms with Gasteiger partial charge in [0.15, 0.2) is 0 Å². The molecule has 0 amide bonds. The van der Waals surface area contributed by atoms with Crippen molar-refractivity contribution in [2.75, 3.05) is 0 Å². The van der Waals surface area contributed by atoms with Crippen LogP contribution in [-0.2, 0) is 0 Å². The lowest BCUT2D eigenvalue weighted by Crippen LogP contribution is -2.22. The first kappa shape index (κ1) is 9.78. The second-order valence-corrected chi connectivity index (χ2v) is 4.09. The third kappa shape index (κ3) is 2.31. The second kappa shape index (κ2) is 3.60. The lowest BCUT2D eigenvalue weighted by molar-refractivity contribution is 0.589. The van der Waals surface area contributed by atoms with Gasteiger partial charge in [-0.3, -0.25) is 0 Å². The molecule has 0 aliphatic carbocycles. The van der Waals surface area contributed by atoms with E-state index in [1.807, 2.05) is 30.3 Å². The molecule has 0 aromatic heterocycles. The normalized spacial score (nSPS) is 13.0. The molecule has 2 heteroatoms. The Kier molecular flexibility index (Phi) is 2.71. The predicted molar refractivity (Wildman–Crippen MR) is 56.6 cm³/mol. The minimum absolute atomic E-state index is 0.00387. The van der Waals surface area contributed by atoms with Gasteiger partial charge in [0.1, 0.15) is 0 Å². The van der Waals surface area contributed by atoms with Crippen molar-refractivity contribution in [2.24, 2.45) is 16.4 Å². The van der Waals surface area contributed by atoms with Crippen molar-refractivity contribution in [2.45, 2.75) is 20.8 Å². The van der Waals surface area contributed by atoms with Crippen molar-refractivity contribution in [3.63, 3.8) is 0 Å². The minimum atomic E-state index is -0.00387. The first-order chi connectivity index (χ1) is 6.05. The summed E-state index contributed by atoms with van der Waals surface area (Å²) in [5.74, 6) is 5.38. The molecule has 13 heavy (non-hydrogen) atoms. The van der Waals surface area contributed by atoms with Gasteiger partial charge in [0.05, 0.1) is 5.71 Å². The van der Waals surface area contributed by atoms with Crippen LogP contribution in [0.25, 0.3) is 0 Å². The van der Waals surface area contributed by atoms with Gasteiger partial charge >= 0.3 is 0 Å². The summed E-state index contributed by atoms with van der Waals surface area (Å²) in [4.78, 5) is 0. The zero-order chi connectivity index (χ0) is 9.90. The minimum Gasteiger partial charge on any atom is -0.323 e. The monoisotopic (exact) mass is 176 g/mol. The molecule has 0 spiro atoms. The van der Waals surface area contributed by atoms with E-state index in [0.29, 0.717) is 0 Å². The van der Waals surface area contributed by atoms with Crippen molar-refractivity contribution in [3.8, 4) is 0 Å². The molecule has 0 unspecified atom stereocenters. The van der Waals surface area contributed by atoms with Crippen LogP contribution in [0.3, 0.4) is 0 Å². The molecule has 0 aliphatic rings. The number of rotatable bonds is 1. The highest BCUT2D eigenvalue weighted by atomic mass is 15.1. The van der Waals surface area contributed by atoms with Crippen molar-refractivity contribution in [1.29, 1.82) is 0 Å². The first-order valence-electron chi connectivity index (χ1n) is 4.39. The van der Waals surface area contributed by atoms with E-state index in [1.165, 1.54) is 0 Å². The highest BCUT2D eigenvalue weighted by Crippen LogP contribution is 2.20. The molecule has 1 aromatic carbocycles. The maximum Gasteiger partial charge on any atom is 0.0726 e. The van der Waals surface area contributed by atoms with E-state index in [0.717, 1.165) is 11.3 Å². The number of hydrogen-bond donors (Lipinski definition) is 1. The number of hydrogen-bond acceptors (Lipinski definition) is 2. The van der Waals surface area contributed by atoms with Crippen molar-refractivity contribution < 1.29 is 0 Å². The van der Waals surface area contributed by atoms with E-state index in [2.05, 4.69) is 25.9 Å². The fourth-order valence-electron chi connectivity index (χ4n) is 1.30. The topological polar surface area (TPSA) is 38.4 Å². The van der Waals surface area contributed by atoms with Crippen LogP contribution in [0, 0.1) is 5.41 Å². The fraction of sp³-hybridized carbons (Fsp3) is 0.364. The summed E-state index contributed by atoms with van der Waals surface area (Å²) in [6, 6.07) is 10.0. The lowest BCUT2D eigenvalue weighted by atomic mass is 9.86. The Balaban J connectivity index is 3.08. The summed E-state index contributed by atoms with van der Waals surface area (Å²) in [6.07, 6.45) is 0. The Morgan fingerprint density at radius 2 is 1.69 bits per heavy atom. The molecule has 0 heterocycles. The molecular formula is C11H16N2. The molecule has 0 saturated heterocycles. The summed E-state index contributed by atoms with van der Waals surface area (Å²) >= 11 is 0. The molecule has 0 bridgehead atoms. The molecule has 2 N–H and O–H groups in total. The third-order valence-corrected chi connectivity index (χ3v) is 1.89. The highest BCUT2D eigenvalue weighted by molar-refractivity contribution is 6.03. The maximum absolute atomic E-state index is 5.38. The Hall–Kier alpha value is -1.31. The zero-order valence-corrected chi connectivity index (χ0v) is 8.41. The maximum atomic E-state index is 5.38. The number of nitrogens with zero attached hydrogens (tertiary/aromatic N) is 1. The molecule has 1 rings (SSSR count). The quantitative estimate of drug-likeness (QED) is 0.398. The lowest BCUT2D eigenvalue weighted by Gasteiger charge is -2.20. The summed E-state index contributed by atoms with van der Waals surface area (Å²) in [5, 5.41) is 3.85. The molecule has 70 valence electrons. The molecule has 1 aromatic rings. The molecule has 0 atom stereocenters. The summed E-state index contributed by atoms with van der Waals surface area (Å²) in [6.45, 7) is 6.31. The Morgan fingerprint density at radius 1 is 1.15 bits per heavy atom. The molecule has 0 fully saturated rings. The Labute approximate surface area is 79.5 Å². The summed E-state index contributed by atoms with van der Waals surface area (Å²) in [7, 11) is 0. The van der Waals surface area contributed by atoms with Gasteiger partial charge in [0.2, 0.25) is 0 Å². The van der Waals surface area contributed by atoms with E-state index in [1.54, 1.807) is 0 Å². The number of nitrogens with two attached hydrogens (primary N) is 1. The van der Waals surface area contributed by atoms with Gasteiger partial charge in [-0.1, -0.05) is 51.1 Å². The van der Waals surface area contributed by atoms with Gasteiger partial charge in [0, 0.05) is 5.41 Å². The van der Waals surface area contributed by atoms with Gasteiger partial charge in [-0.2, -0.15) is 5.10 Å². The van der Waals surface area contributed by atoms with Crippen LogP contribution < -0.4 is 5.84 Å². The van der Waals surface area contributed by atoms with E-state index >= 15 is 0 Å². The molecule has 0 aliphatic heterocycles. The highest BCUT2D eigenvalue weighted by Gasteiger charge is 2.19. The van der Waals surface area contributed by atoms with Crippen LogP contribution in [-0.4, -0.2) is 5.71 Å². The summed E-state index contributed by atoms with van der Waals surface area (Å²) in [5.41, 5.74) is 2.03. The smallest absolute Gasteiger partial charge is 0.0726 e. The largest absolute Gasteiger partial charge is 0.323 e. The SMILES string of the molecule is CC(C)(C)C(=NN)c1ccccc1.